The second kappa shape index (κ2) is 10.6. The topological polar surface area (TPSA) is 105 Å². The Labute approximate surface area is 217 Å². The molecule has 1 aliphatic carbocycles. The molecule has 4 rings (SSSR count). The highest BCUT2D eigenvalue weighted by atomic mass is 32.2. The van der Waals surface area contributed by atoms with Gasteiger partial charge in [0.2, 0.25) is 0 Å². The lowest BCUT2D eigenvalue weighted by Gasteiger charge is -2.21. The van der Waals surface area contributed by atoms with Gasteiger partial charge in [-0.2, -0.15) is 8.42 Å². The van der Waals surface area contributed by atoms with Crippen LogP contribution in [0.2, 0.25) is 0 Å². The number of benzene rings is 2. The van der Waals surface area contributed by atoms with Gasteiger partial charge in [0.15, 0.2) is 5.75 Å². The Morgan fingerprint density at radius 1 is 1.08 bits per heavy atom. The molecule has 0 aromatic heterocycles. The van der Waals surface area contributed by atoms with Gasteiger partial charge in [0.25, 0.3) is 0 Å². The van der Waals surface area contributed by atoms with Crippen molar-refractivity contribution in [2.45, 2.75) is 58.0 Å². The van der Waals surface area contributed by atoms with Gasteiger partial charge in [-0.05, 0) is 63.6 Å². The third kappa shape index (κ3) is 5.09. The molecule has 198 valence electrons. The summed E-state index contributed by atoms with van der Waals surface area (Å²) in [5, 5.41) is 0. The number of esters is 2. The summed E-state index contributed by atoms with van der Waals surface area (Å²) in [6, 6.07) is 6.28. The fourth-order valence-electron chi connectivity index (χ4n) is 5.32. The molecule has 1 heterocycles. The van der Waals surface area contributed by atoms with Crippen molar-refractivity contribution >= 4 is 22.1 Å². The maximum atomic E-state index is 13.3. The molecule has 0 N–H and O–H groups in total. The zero-order valence-electron chi connectivity index (χ0n) is 21.8. The quantitative estimate of drug-likeness (QED) is 0.273. The lowest BCUT2D eigenvalue weighted by molar-refractivity contribution is -0.146. The molecular weight excluding hydrogens is 496 g/mol. The van der Waals surface area contributed by atoms with Crippen molar-refractivity contribution in [2.75, 3.05) is 14.2 Å². The lowest BCUT2D eigenvalue weighted by Crippen LogP contribution is -2.21. The van der Waals surface area contributed by atoms with Gasteiger partial charge in [0, 0.05) is 11.1 Å². The number of carbonyl (C=O) groups is 2. The number of carbonyl (C=O) groups excluding carboxylic acids is 2. The Balaban J connectivity index is 1.80. The van der Waals surface area contributed by atoms with Crippen LogP contribution in [0.4, 0.5) is 0 Å². The van der Waals surface area contributed by atoms with Crippen molar-refractivity contribution in [3.8, 4) is 11.5 Å². The summed E-state index contributed by atoms with van der Waals surface area (Å²) in [5.41, 5.74) is 3.66. The van der Waals surface area contributed by atoms with Gasteiger partial charge in [0.1, 0.15) is 22.8 Å². The molecule has 8 nitrogen and oxygen atoms in total. The van der Waals surface area contributed by atoms with Crippen LogP contribution in [-0.2, 0) is 37.4 Å². The maximum absolute atomic E-state index is 13.3. The van der Waals surface area contributed by atoms with Crippen molar-refractivity contribution in [1.82, 2.24) is 0 Å². The van der Waals surface area contributed by atoms with Gasteiger partial charge in [-0.15, -0.1) is 0 Å². The van der Waals surface area contributed by atoms with Gasteiger partial charge >= 0.3 is 22.1 Å². The first-order chi connectivity index (χ1) is 17.6. The predicted molar refractivity (Wildman–Crippen MR) is 136 cm³/mol. The number of fused-ring (bicyclic) bond motifs is 1. The highest BCUT2D eigenvalue weighted by Crippen LogP contribution is 2.44. The number of rotatable bonds is 8. The van der Waals surface area contributed by atoms with Crippen LogP contribution in [0, 0.1) is 25.7 Å². The van der Waals surface area contributed by atoms with Crippen molar-refractivity contribution < 1.29 is 36.4 Å². The maximum Gasteiger partial charge on any atom is 0.342 e. The second-order valence-corrected chi connectivity index (χ2v) is 11.1. The summed E-state index contributed by atoms with van der Waals surface area (Å²) in [5.74, 6) is -0.695. The highest BCUT2D eigenvalue weighted by Gasteiger charge is 2.37. The summed E-state index contributed by atoms with van der Waals surface area (Å²) in [6.45, 7) is 5.63. The minimum absolute atomic E-state index is 0.00926. The molecule has 1 aliphatic heterocycles. The van der Waals surface area contributed by atoms with Crippen molar-refractivity contribution in [3.63, 3.8) is 0 Å². The number of allylic oxidation sites excluding steroid dienone is 2. The zero-order valence-corrected chi connectivity index (χ0v) is 22.6. The molecule has 1 fully saturated rings. The van der Waals surface area contributed by atoms with Crippen molar-refractivity contribution in [2.24, 2.45) is 11.8 Å². The second-order valence-electron chi connectivity index (χ2n) is 9.57. The minimum atomic E-state index is -4.26. The molecule has 2 aromatic carbocycles. The fourth-order valence-corrected chi connectivity index (χ4v) is 6.29. The van der Waals surface area contributed by atoms with Crippen LogP contribution in [0.5, 0.6) is 11.5 Å². The molecule has 2 atom stereocenters. The SMILES string of the molecule is COC(=O)C1CCCC1C(C)=CCc1c(OC)c(C)c2c(c1OS(=O)(=O)c1ccc(C)cc1)C(=O)OC2. The van der Waals surface area contributed by atoms with E-state index in [2.05, 4.69) is 0 Å². The summed E-state index contributed by atoms with van der Waals surface area (Å²) in [6.07, 6.45) is 4.73. The molecule has 9 heteroatoms. The van der Waals surface area contributed by atoms with Gasteiger partial charge < -0.3 is 18.4 Å². The Morgan fingerprint density at radius 3 is 2.41 bits per heavy atom. The summed E-state index contributed by atoms with van der Waals surface area (Å²) >= 11 is 0. The fraction of sp³-hybridized carbons (Fsp3) is 0.429. The van der Waals surface area contributed by atoms with E-state index in [-0.39, 0.29) is 47.0 Å². The molecule has 2 unspecified atom stereocenters. The average Bonchev–Trinajstić information content (AvgIpc) is 3.51. The van der Waals surface area contributed by atoms with Gasteiger partial charge in [-0.25, -0.2) is 4.79 Å². The first kappa shape index (κ1) is 26.7. The normalized spacial score (nSPS) is 19.4. The zero-order chi connectivity index (χ0) is 26.9. The van der Waals surface area contributed by atoms with Crippen LogP contribution in [0.3, 0.4) is 0 Å². The van der Waals surface area contributed by atoms with Crippen molar-refractivity contribution in [1.29, 1.82) is 0 Å². The molecule has 0 saturated heterocycles. The molecule has 1 saturated carbocycles. The predicted octanol–water partition coefficient (Wildman–Crippen LogP) is 4.83. The molecule has 0 amide bonds. The first-order valence-electron chi connectivity index (χ1n) is 12.2. The third-order valence-corrected chi connectivity index (χ3v) is 8.60. The summed E-state index contributed by atoms with van der Waals surface area (Å²) < 4.78 is 48.2. The minimum Gasteiger partial charge on any atom is -0.496 e. The van der Waals surface area contributed by atoms with E-state index < -0.39 is 16.1 Å². The van der Waals surface area contributed by atoms with E-state index in [9.17, 15) is 18.0 Å². The van der Waals surface area contributed by atoms with Gasteiger partial charge in [0.05, 0.1) is 20.1 Å². The van der Waals surface area contributed by atoms with Crippen LogP contribution < -0.4 is 8.92 Å². The Kier molecular flexibility index (Phi) is 7.64. The Hall–Kier alpha value is -3.33. The molecule has 37 heavy (non-hydrogen) atoms. The molecular formula is C28H32O8S. The molecule has 0 spiro atoms. The number of hydrogen-bond acceptors (Lipinski definition) is 8. The third-order valence-electron chi connectivity index (χ3n) is 7.36. The number of methoxy groups -OCH3 is 2. The van der Waals surface area contributed by atoms with Crippen LogP contribution in [-0.4, -0.2) is 34.6 Å². The monoisotopic (exact) mass is 528 g/mol. The van der Waals surface area contributed by atoms with Crippen LogP contribution in [0.1, 0.15) is 58.8 Å². The van der Waals surface area contributed by atoms with E-state index in [1.54, 1.807) is 12.1 Å². The van der Waals surface area contributed by atoms with Crippen LogP contribution >= 0.6 is 0 Å². The Bertz CT molecular complexity index is 1360. The molecule has 0 radical (unpaired) electrons. The van der Waals surface area contributed by atoms with Gasteiger partial charge in [-0.1, -0.05) is 35.8 Å². The lowest BCUT2D eigenvalue weighted by atomic mass is 9.88. The van der Waals surface area contributed by atoms with Gasteiger partial charge in [-0.3, -0.25) is 4.79 Å². The van der Waals surface area contributed by atoms with E-state index in [1.165, 1.54) is 26.4 Å². The van der Waals surface area contributed by atoms with E-state index in [1.807, 2.05) is 26.8 Å². The van der Waals surface area contributed by atoms with Crippen molar-refractivity contribution in [3.05, 3.63) is 63.7 Å². The highest BCUT2D eigenvalue weighted by molar-refractivity contribution is 7.87. The Morgan fingerprint density at radius 2 is 1.76 bits per heavy atom. The van der Waals surface area contributed by atoms with E-state index in [0.29, 0.717) is 22.4 Å². The largest absolute Gasteiger partial charge is 0.496 e. The van der Waals surface area contributed by atoms with E-state index in [4.69, 9.17) is 18.4 Å². The summed E-state index contributed by atoms with van der Waals surface area (Å²) in [7, 11) is -1.37. The number of aryl methyl sites for hydroxylation is 1. The standard InChI is InChI=1S/C28H32O8S/c1-16-9-12-19(13-10-16)37(31,32)36-26-22(25(33-4)18(3)23-15-35-28(30)24(23)26)14-11-17(2)20-7-6-8-21(20)27(29)34-5/h9-13,20-21H,6-8,14-15H2,1-5H3. The smallest absolute Gasteiger partial charge is 0.342 e. The molecule has 2 aromatic rings. The van der Waals surface area contributed by atoms with Crippen LogP contribution in [0.25, 0.3) is 0 Å². The van der Waals surface area contributed by atoms with E-state index in [0.717, 1.165) is 30.4 Å². The molecule has 0 bridgehead atoms. The number of hydrogen-bond donors (Lipinski definition) is 0. The first-order valence-corrected chi connectivity index (χ1v) is 13.6. The molecule has 2 aliphatic rings. The average molecular weight is 529 g/mol. The number of ether oxygens (including phenoxy) is 3. The number of cyclic esters (lactones) is 1. The van der Waals surface area contributed by atoms with Crippen LogP contribution in [0.15, 0.2) is 40.8 Å². The summed E-state index contributed by atoms with van der Waals surface area (Å²) in [4.78, 5) is 25.0. The van der Waals surface area contributed by atoms with E-state index >= 15 is 0 Å².